The summed E-state index contributed by atoms with van der Waals surface area (Å²) in [6.45, 7) is 0. The van der Waals surface area contributed by atoms with Crippen molar-refractivity contribution in [2.75, 3.05) is 84.6 Å². The average molecular weight is 346 g/mol. The first-order valence-electron chi connectivity index (χ1n) is 7.46. The van der Waals surface area contributed by atoms with Gasteiger partial charge in [-0.2, -0.15) is 0 Å². The molecule has 0 aromatic heterocycles. The molecule has 0 heterocycles. The topological polar surface area (TPSA) is 91.0 Å². The molecule has 0 saturated carbocycles. The summed E-state index contributed by atoms with van der Waals surface area (Å²) in [4.78, 5) is 10.5. The fourth-order valence-electron chi connectivity index (χ4n) is 1.20. The number of rotatable bonds is 0. The van der Waals surface area contributed by atoms with Gasteiger partial charge in [-0.1, -0.05) is 0 Å². The summed E-state index contributed by atoms with van der Waals surface area (Å²) >= 11 is 0. The average Bonchev–Trinajstić information content (AvgIpc) is 2.45. The first-order chi connectivity index (χ1) is 10.7. The highest BCUT2D eigenvalue weighted by atomic mass is 15.3. The van der Waals surface area contributed by atoms with E-state index < -0.39 is 0 Å². The normalized spacial score (nSPS) is 8.50. The van der Waals surface area contributed by atoms with Crippen molar-refractivity contribution < 1.29 is 0 Å². The van der Waals surface area contributed by atoms with Gasteiger partial charge in [0, 0.05) is 84.6 Å². The van der Waals surface area contributed by atoms with E-state index in [1.807, 2.05) is 84.6 Å². The van der Waals surface area contributed by atoms with Gasteiger partial charge in [-0.05, 0) is 0 Å². The molecular formula is C15H39N9. The minimum absolute atomic E-state index is 0.519. The lowest BCUT2D eigenvalue weighted by Gasteiger charge is -2.19. The van der Waals surface area contributed by atoms with Gasteiger partial charge in [0.15, 0.2) is 17.9 Å². The Kier molecular flexibility index (Phi) is 14.8. The second-order valence-corrected chi connectivity index (χ2v) is 6.34. The Hall–Kier alpha value is -2.19. The van der Waals surface area contributed by atoms with Crippen LogP contribution in [0.2, 0.25) is 0 Å². The summed E-state index contributed by atoms with van der Waals surface area (Å²) in [7, 11) is 22.2. The van der Waals surface area contributed by atoms with Crippen molar-refractivity contribution in [3.8, 4) is 0 Å². The van der Waals surface area contributed by atoms with E-state index in [1.165, 1.54) is 0 Å². The molecule has 3 N–H and O–H groups in total. The number of hydrogen-bond donors (Lipinski definition) is 3. The van der Waals surface area contributed by atoms with Gasteiger partial charge in [0.1, 0.15) is 0 Å². The molecule has 0 aromatic carbocycles. The van der Waals surface area contributed by atoms with Crippen molar-refractivity contribution in [3.63, 3.8) is 0 Å². The van der Waals surface area contributed by atoms with Crippen molar-refractivity contribution in [3.05, 3.63) is 0 Å². The predicted molar refractivity (Wildman–Crippen MR) is 105 cm³/mol. The number of nitrogens with zero attached hydrogens (tertiary/aromatic N) is 6. The summed E-state index contributed by atoms with van der Waals surface area (Å²) < 4.78 is 0. The van der Waals surface area contributed by atoms with Gasteiger partial charge < -0.3 is 29.4 Å². The van der Waals surface area contributed by atoms with Crippen LogP contribution in [0, 0.1) is 16.2 Å². The highest BCUT2D eigenvalue weighted by molar-refractivity contribution is 5.76. The second kappa shape index (κ2) is 13.3. The van der Waals surface area contributed by atoms with Gasteiger partial charge in [0.25, 0.3) is 0 Å². The lowest BCUT2D eigenvalue weighted by Crippen LogP contribution is -2.34. The molecule has 0 rings (SSSR count). The van der Waals surface area contributed by atoms with Crippen LogP contribution in [0.1, 0.15) is 0 Å². The third kappa shape index (κ3) is 14.7. The van der Waals surface area contributed by atoms with E-state index in [1.54, 1.807) is 29.4 Å². The molecule has 9 heteroatoms. The highest BCUT2D eigenvalue weighted by Crippen LogP contribution is 1.82. The molecule has 0 unspecified atom stereocenters. The van der Waals surface area contributed by atoms with Gasteiger partial charge >= 0.3 is 0 Å². The first-order valence-corrected chi connectivity index (χ1v) is 7.46. The van der Waals surface area contributed by atoms with Crippen LogP contribution in [0.15, 0.2) is 0 Å². The lowest BCUT2D eigenvalue weighted by atomic mass is 10.7. The second-order valence-electron chi connectivity index (χ2n) is 6.34. The summed E-state index contributed by atoms with van der Waals surface area (Å²) in [6.07, 6.45) is 0. The molecule has 0 aliphatic rings. The van der Waals surface area contributed by atoms with Crippen LogP contribution >= 0.6 is 0 Å². The standard InChI is InChI=1S/3C5H13N3/c3*1-7(2)5(6)8(3)4/h3*6H,1-4H3. The molecule has 0 fully saturated rings. The van der Waals surface area contributed by atoms with Crippen LogP contribution in [-0.4, -0.2) is 132 Å². The van der Waals surface area contributed by atoms with Gasteiger partial charge in [-0.15, -0.1) is 0 Å². The van der Waals surface area contributed by atoms with E-state index in [-0.39, 0.29) is 0 Å². The number of nitrogens with one attached hydrogen (secondary N) is 3. The van der Waals surface area contributed by atoms with Crippen LogP contribution in [0.4, 0.5) is 0 Å². The third-order valence-corrected chi connectivity index (χ3v) is 2.54. The van der Waals surface area contributed by atoms with Gasteiger partial charge in [0.05, 0.1) is 0 Å². The molecule has 0 atom stereocenters. The summed E-state index contributed by atoms with van der Waals surface area (Å²) in [6, 6.07) is 0. The number of hydrogen-bond acceptors (Lipinski definition) is 3. The van der Waals surface area contributed by atoms with E-state index in [0.717, 1.165) is 0 Å². The molecule has 0 radical (unpaired) electrons. The molecule has 0 bridgehead atoms. The maximum atomic E-state index is 7.25. The van der Waals surface area contributed by atoms with E-state index in [9.17, 15) is 0 Å². The predicted octanol–water partition coefficient (Wildman–Crippen LogP) is 0.133. The van der Waals surface area contributed by atoms with Gasteiger partial charge in [-0.3, -0.25) is 16.2 Å². The minimum Gasteiger partial charge on any atom is -0.349 e. The quantitative estimate of drug-likeness (QED) is 0.427. The number of guanidine groups is 3. The van der Waals surface area contributed by atoms with Crippen molar-refractivity contribution >= 4 is 17.9 Å². The fourth-order valence-corrected chi connectivity index (χ4v) is 1.20. The molecule has 0 saturated heterocycles. The fraction of sp³-hybridized carbons (Fsp3) is 0.800. The first kappa shape index (κ1) is 26.7. The van der Waals surface area contributed by atoms with Crippen molar-refractivity contribution in [2.24, 2.45) is 0 Å². The largest absolute Gasteiger partial charge is 0.349 e. The van der Waals surface area contributed by atoms with E-state index in [4.69, 9.17) is 16.2 Å². The molecule has 144 valence electrons. The molecule has 0 spiro atoms. The maximum absolute atomic E-state index is 7.25. The summed E-state index contributed by atoms with van der Waals surface area (Å²) in [5.74, 6) is 1.56. The van der Waals surface area contributed by atoms with Gasteiger partial charge in [-0.25, -0.2) is 0 Å². The molecule has 9 nitrogen and oxygen atoms in total. The zero-order valence-electron chi connectivity index (χ0n) is 17.7. The Morgan fingerprint density at radius 1 is 0.333 bits per heavy atom. The maximum Gasteiger partial charge on any atom is 0.192 e. The molecule has 0 aromatic rings. The Bertz CT molecular complexity index is 284. The van der Waals surface area contributed by atoms with Crippen LogP contribution in [0.3, 0.4) is 0 Å². The Morgan fingerprint density at radius 3 is 0.417 bits per heavy atom. The van der Waals surface area contributed by atoms with Crippen LogP contribution in [-0.2, 0) is 0 Å². The molecule has 0 aliphatic carbocycles. The van der Waals surface area contributed by atoms with Crippen molar-refractivity contribution in [2.45, 2.75) is 0 Å². The third-order valence-electron chi connectivity index (χ3n) is 2.54. The molecule has 0 aliphatic heterocycles. The van der Waals surface area contributed by atoms with E-state index >= 15 is 0 Å². The summed E-state index contributed by atoms with van der Waals surface area (Å²) in [5.41, 5.74) is 0. The van der Waals surface area contributed by atoms with E-state index in [0.29, 0.717) is 17.9 Å². The van der Waals surface area contributed by atoms with Gasteiger partial charge in [0.2, 0.25) is 0 Å². The van der Waals surface area contributed by atoms with Crippen LogP contribution in [0.5, 0.6) is 0 Å². The zero-order chi connectivity index (χ0) is 20.2. The minimum atomic E-state index is 0.519. The molecular weight excluding hydrogens is 306 g/mol. The highest BCUT2D eigenvalue weighted by Gasteiger charge is 1.98. The monoisotopic (exact) mass is 345 g/mol. The molecule has 24 heavy (non-hydrogen) atoms. The Balaban J connectivity index is -0.000000276. The van der Waals surface area contributed by atoms with Crippen LogP contribution < -0.4 is 0 Å². The van der Waals surface area contributed by atoms with E-state index in [2.05, 4.69) is 0 Å². The Labute approximate surface area is 148 Å². The zero-order valence-corrected chi connectivity index (χ0v) is 17.7. The smallest absolute Gasteiger partial charge is 0.192 e. The SMILES string of the molecule is CN(C)C(=N)N(C)C.CN(C)C(=N)N(C)C.CN(C)C(=N)N(C)C. The molecule has 0 amide bonds. The van der Waals surface area contributed by atoms with Crippen LogP contribution in [0.25, 0.3) is 0 Å². The summed E-state index contributed by atoms with van der Waals surface area (Å²) in [5, 5.41) is 21.8. The van der Waals surface area contributed by atoms with Crippen molar-refractivity contribution in [1.29, 1.82) is 16.2 Å². The van der Waals surface area contributed by atoms with Crippen molar-refractivity contribution in [1.82, 2.24) is 29.4 Å². The Morgan fingerprint density at radius 2 is 0.417 bits per heavy atom. The lowest BCUT2D eigenvalue weighted by molar-refractivity contribution is 0.478.